The molecule has 0 unspecified atom stereocenters. The van der Waals surface area contributed by atoms with Gasteiger partial charge in [-0.2, -0.15) is 0 Å². The van der Waals surface area contributed by atoms with Crippen LogP contribution in [0.4, 0.5) is 0 Å². The van der Waals surface area contributed by atoms with Crippen molar-refractivity contribution in [1.29, 1.82) is 0 Å². The van der Waals surface area contributed by atoms with Crippen molar-refractivity contribution in [3.63, 3.8) is 0 Å². The summed E-state index contributed by atoms with van der Waals surface area (Å²) >= 11 is 12.0. The number of nitrogens with zero attached hydrogens (tertiary/aromatic N) is 1. The van der Waals surface area contributed by atoms with Gasteiger partial charge in [0, 0.05) is 16.6 Å². The Morgan fingerprint density at radius 3 is 2.48 bits per heavy atom. The van der Waals surface area contributed by atoms with Crippen molar-refractivity contribution in [2.75, 3.05) is 6.54 Å². The fraction of sp³-hybridized carbons (Fsp3) is 0.267. The Balaban J connectivity index is 2.53. The highest BCUT2D eigenvalue weighted by atomic mass is 35.5. The minimum atomic E-state index is -1.10. The molecule has 2 rings (SSSR count). The van der Waals surface area contributed by atoms with Crippen LogP contribution in [0.5, 0.6) is 0 Å². The molecule has 1 amide bonds. The van der Waals surface area contributed by atoms with Crippen LogP contribution in [-0.4, -0.2) is 39.3 Å². The smallest absolute Gasteiger partial charge is 0.305 e. The summed E-state index contributed by atoms with van der Waals surface area (Å²) in [6, 6.07) is 3.59. The number of carbonyl (C=O) groups excluding carboxylic acids is 2. The zero-order valence-electron chi connectivity index (χ0n) is 12.0. The van der Waals surface area contributed by atoms with Gasteiger partial charge in [0.1, 0.15) is 0 Å². The molecule has 8 heteroatoms. The molecule has 1 atom stereocenters. The highest BCUT2D eigenvalue weighted by Crippen LogP contribution is 2.41. The van der Waals surface area contributed by atoms with Crippen molar-refractivity contribution in [2.45, 2.75) is 19.4 Å². The largest absolute Gasteiger partial charge is 0.503 e. The van der Waals surface area contributed by atoms with Crippen LogP contribution < -0.4 is 0 Å². The summed E-state index contributed by atoms with van der Waals surface area (Å²) in [5.74, 6) is -3.08. The molecule has 1 aromatic carbocycles. The number of ketones is 1. The Morgan fingerprint density at radius 1 is 1.30 bits per heavy atom. The molecule has 0 radical (unpaired) electrons. The Hall–Kier alpha value is -2.05. The van der Waals surface area contributed by atoms with E-state index >= 15 is 0 Å². The van der Waals surface area contributed by atoms with E-state index in [1.54, 1.807) is 0 Å². The maximum absolute atomic E-state index is 12.2. The molecular weight excluding hydrogens is 345 g/mol. The van der Waals surface area contributed by atoms with E-state index < -0.39 is 29.5 Å². The standard InChI is InChI=1S/C15H13Cl2NO5/c1-7(19)12-13(9-3-2-8(16)6-10(9)17)18(5-4-11(20)21)15(23)14(12)22/h2-3,6,13,22H,4-5H2,1H3,(H,20,21)/t13-/m1/s1. The van der Waals surface area contributed by atoms with Gasteiger partial charge in [-0.3, -0.25) is 14.4 Å². The van der Waals surface area contributed by atoms with Crippen molar-refractivity contribution in [2.24, 2.45) is 0 Å². The van der Waals surface area contributed by atoms with E-state index in [0.717, 1.165) is 4.90 Å². The number of aliphatic hydroxyl groups is 1. The van der Waals surface area contributed by atoms with Gasteiger partial charge >= 0.3 is 5.97 Å². The lowest BCUT2D eigenvalue weighted by molar-refractivity contribution is -0.138. The molecule has 122 valence electrons. The van der Waals surface area contributed by atoms with Gasteiger partial charge in [0.15, 0.2) is 11.5 Å². The molecule has 0 aliphatic carbocycles. The number of rotatable bonds is 5. The van der Waals surface area contributed by atoms with E-state index in [-0.39, 0.29) is 23.6 Å². The number of aliphatic carboxylic acids is 1. The minimum absolute atomic E-state index is 0.107. The van der Waals surface area contributed by atoms with Gasteiger partial charge in [-0.25, -0.2) is 0 Å². The molecule has 6 nitrogen and oxygen atoms in total. The lowest BCUT2D eigenvalue weighted by Gasteiger charge is -2.26. The average Bonchev–Trinajstić information content (AvgIpc) is 2.69. The second-order valence-electron chi connectivity index (χ2n) is 5.03. The number of carboxylic acids is 1. The van der Waals surface area contributed by atoms with Crippen LogP contribution in [0.2, 0.25) is 10.0 Å². The summed E-state index contributed by atoms with van der Waals surface area (Å²) in [5, 5.41) is 19.4. The third kappa shape index (κ3) is 3.33. The number of carbonyl (C=O) groups is 3. The monoisotopic (exact) mass is 357 g/mol. The van der Waals surface area contributed by atoms with Crippen LogP contribution in [0.3, 0.4) is 0 Å². The van der Waals surface area contributed by atoms with Gasteiger partial charge in [0.05, 0.1) is 18.0 Å². The lowest BCUT2D eigenvalue weighted by atomic mass is 9.96. The number of carboxylic acid groups (broad SMARTS) is 1. The van der Waals surface area contributed by atoms with Crippen molar-refractivity contribution < 1.29 is 24.6 Å². The molecule has 0 fully saturated rings. The van der Waals surface area contributed by atoms with Gasteiger partial charge in [-0.05, 0) is 24.6 Å². The van der Waals surface area contributed by atoms with E-state index in [9.17, 15) is 19.5 Å². The second-order valence-corrected chi connectivity index (χ2v) is 5.87. The van der Waals surface area contributed by atoms with E-state index in [1.165, 1.54) is 25.1 Å². The number of hydrogen-bond donors (Lipinski definition) is 2. The number of hydrogen-bond acceptors (Lipinski definition) is 4. The van der Waals surface area contributed by atoms with Gasteiger partial charge in [-0.15, -0.1) is 0 Å². The molecule has 0 saturated heterocycles. The quantitative estimate of drug-likeness (QED) is 0.844. The minimum Gasteiger partial charge on any atom is -0.503 e. The van der Waals surface area contributed by atoms with Crippen molar-refractivity contribution >= 4 is 40.9 Å². The molecule has 1 aliphatic rings. The number of Topliss-reactive ketones (excluding diaryl/α,β-unsaturated/α-hetero) is 1. The predicted octanol–water partition coefficient (Wildman–Crippen LogP) is 2.75. The Bertz CT molecular complexity index is 729. The first-order valence-corrected chi connectivity index (χ1v) is 7.41. The topological polar surface area (TPSA) is 94.9 Å². The first kappa shape index (κ1) is 17.3. The number of aliphatic hydroxyl groups excluding tert-OH is 1. The van der Waals surface area contributed by atoms with Crippen LogP contribution in [0.15, 0.2) is 29.5 Å². The second kappa shape index (κ2) is 6.60. The van der Waals surface area contributed by atoms with Gasteiger partial charge in [0.25, 0.3) is 5.91 Å². The third-order valence-corrected chi connectivity index (χ3v) is 4.07. The highest BCUT2D eigenvalue weighted by molar-refractivity contribution is 6.35. The van der Waals surface area contributed by atoms with Crippen LogP contribution in [0.25, 0.3) is 0 Å². The summed E-state index contributed by atoms with van der Waals surface area (Å²) in [7, 11) is 0. The fourth-order valence-electron chi connectivity index (χ4n) is 2.51. The van der Waals surface area contributed by atoms with E-state index in [0.29, 0.717) is 10.6 Å². The lowest BCUT2D eigenvalue weighted by Crippen LogP contribution is -2.33. The molecule has 0 saturated carbocycles. The molecule has 2 N–H and O–H groups in total. The first-order valence-electron chi connectivity index (χ1n) is 6.65. The molecule has 23 heavy (non-hydrogen) atoms. The summed E-state index contributed by atoms with van der Waals surface area (Å²) in [4.78, 5) is 36.0. The van der Waals surface area contributed by atoms with Gasteiger partial charge in [-0.1, -0.05) is 29.3 Å². The third-order valence-electron chi connectivity index (χ3n) is 3.51. The zero-order chi connectivity index (χ0) is 17.3. The highest BCUT2D eigenvalue weighted by Gasteiger charge is 2.43. The Labute approximate surface area is 141 Å². The molecular formula is C15H13Cl2NO5. The van der Waals surface area contributed by atoms with Gasteiger partial charge in [0.2, 0.25) is 0 Å². The molecule has 1 aliphatic heterocycles. The summed E-state index contributed by atoms with van der Waals surface area (Å²) < 4.78 is 0. The summed E-state index contributed by atoms with van der Waals surface area (Å²) in [6.07, 6.45) is -0.327. The van der Waals surface area contributed by atoms with Crippen LogP contribution in [0, 0.1) is 0 Å². The van der Waals surface area contributed by atoms with Crippen LogP contribution >= 0.6 is 23.2 Å². The van der Waals surface area contributed by atoms with E-state index in [4.69, 9.17) is 28.3 Å². The van der Waals surface area contributed by atoms with Crippen molar-refractivity contribution in [3.8, 4) is 0 Å². The molecule has 1 aromatic rings. The summed E-state index contributed by atoms with van der Waals surface area (Å²) in [5.41, 5.74) is 0.286. The maximum Gasteiger partial charge on any atom is 0.305 e. The molecule has 0 spiro atoms. The summed E-state index contributed by atoms with van der Waals surface area (Å²) in [6.45, 7) is 1.05. The number of benzene rings is 1. The Morgan fingerprint density at radius 2 is 1.96 bits per heavy atom. The van der Waals surface area contributed by atoms with E-state index in [1.807, 2.05) is 0 Å². The molecule has 0 aromatic heterocycles. The normalized spacial score (nSPS) is 17.8. The average molecular weight is 358 g/mol. The maximum atomic E-state index is 12.2. The SMILES string of the molecule is CC(=O)C1=C(O)C(=O)N(CCC(=O)O)[C@@H]1c1ccc(Cl)cc1Cl. The van der Waals surface area contributed by atoms with Crippen molar-refractivity contribution in [1.82, 2.24) is 4.90 Å². The number of halogens is 2. The molecule has 1 heterocycles. The Kier molecular flexibility index (Phi) is 4.97. The zero-order valence-corrected chi connectivity index (χ0v) is 13.6. The van der Waals surface area contributed by atoms with Crippen LogP contribution in [0.1, 0.15) is 24.9 Å². The van der Waals surface area contributed by atoms with Crippen molar-refractivity contribution in [3.05, 3.63) is 45.1 Å². The van der Waals surface area contributed by atoms with Gasteiger partial charge < -0.3 is 15.1 Å². The first-order chi connectivity index (χ1) is 10.7. The fourth-order valence-corrected chi connectivity index (χ4v) is 3.02. The predicted molar refractivity (Wildman–Crippen MR) is 83.5 cm³/mol. The van der Waals surface area contributed by atoms with Crippen LogP contribution in [-0.2, 0) is 14.4 Å². The number of amides is 1. The molecule has 0 bridgehead atoms. The van der Waals surface area contributed by atoms with E-state index in [2.05, 4.69) is 0 Å².